The maximum Gasteiger partial charge on any atom is 0.407 e. The van der Waals surface area contributed by atoms with E-state index in [9.17, 15) is 24.3 Å². The van der Waals surface area contributed by atoms with Crippen LogP contribution in [0, 0.1) is 5.92 Å². The van der Waals surface area contributed by atoms with Gasteiger partial charge in [-0.05, 0) is 54.4 Å². The number of aliphatic hydroxyl groups is 1. The summed E-state index contributed by atoms with van der Waals surface area (Å²) in [5, 5.41) is 14.9. The molecule has 1 aliphatic carbocycles. The molecule has 240 valence electrons. The highest BCUT2D eigenvalue weighted by Crippen LogP contribution is 2.44. The molecule has 0 spiro atoms. The minimum absolute atomic E-state index is 0.00181. The van der Waals surface area contributed by atoms with Crippen LogP contribution >= 0.6 is 0 Å². The second-order valence-electron chi connectivity index (χ2n) is 11.3. The van der Waals surface area contributed by atoms with Gasteiger partial charge in [0.2, 0.25) is 11.8 Å². The van der Waals surface area contributed by atoms with Gasteiger partial charge in [0.05, 0.1) is 25.1 Å². The summed E-state index contributed by atoms with van der Waals surface area (Å²) in [7, 11) is 0. The van der Waals surface area contributed by atoms with Gasteiger partial charge in [-0.15, -0.1) is 13.2 Å². The number of hydrogen-bond acceptors (Lipinski definition) is 7. The van der Waals surface area contributed by atoms with E-state index in [0.717, 1.165) is 35.1 Å². The quantitative estimate of drug-likeness (QED) is 0.147. The van der Waals surface area contributed by atoms with E-state index >= 15 is 0 Å². The lowest BCUT2D eigenvalue weighted by atomic mass is 9.98. The highest BCUT2D eigenvalue weighted by Gasteiger charge is 2.32. The van der Waals surface area contributed by atoms with Crippen LogP contribution in [0.15, 0.2) is 73.8 Å². The Morgan fingerprint density at radius 2 is 1.69 bits per heavy atom. The fourth-order valence-electron chi connectivity index (χ4n) is 6.05. The fraction of sp³-hybridized carbons (Fsp3) is 0.429. The molecule has 10 nitrogen and oxygen atoms in total. The largest absolute Gasteiger partial charge is 0.462 e. The third-order valence-electron chi connectivity index (χ3n) is 8.38. The Morgan fingerprint density at radius 1 is 1.00 bits per heavy atom. The Hall–Kier alpha value is -4.44. The van der Waals surface area contributed by atoms with Crippen molar-refractivity contribution in [3.8, 4) is 11.1 Å². The van der Waals surface area contributed by atoms with Crippen molar-refractivity contribution in [2.24, 2.45) is 5.92 Å². The van der Waals surface area contributed by atoms with Crippen molar-refractivity contribution in [1.82, 2.24) is 15.5 Å². The van der Waals surface area contributed by atoms with Crippen molar-refractivity contribution >= 4 is 23.9 Å². The zero-order chi connectivity index (χ0) is 32.2. The van der Waals surface area contributed by atoms with Crippen molar-refractivity contribution < 1.29 is 33.8 Å². The number of carbonyl (C=O) groups excluding carboxylic acids is 4. The molecule has 45 heavy (non-hydrogen) atoms. The van der Waals surface area contributed by atoms with Gasteiger partial charge in [-0.1, -0.05) is 60.7 Å². The van der Waals surface area contributed by atoms with Crippen LogP contribution in [-0.4, -0.2) is 78.9 Å². The number of likely N-dealkylation sites (tertiary alicyclic amines) is 1. The predicted molar refractivity (Wildman–Crippen MR) is 170 cm³/mol. The summed E-state index contributed by atoms with van der Waals surface area (Å²) in [6.45, 7) is 7.89. The second kappa shape index (κ2) is 16.6. The number of allylic oxidation sites excluding steroid dienone is 2. The number of amides is 3. The molecule has 0 bridgehead atoms. The summed E-state index contributed by atoms with van der Waals surface area (Å²) in [6, 6.07) is 14.9. The zero-order valence-electron chi connectivity index (χ0n) is 25.6. The normalized spacial score (nSPS) is 16.6. The fourth-order valence-corrected chi connectivity index (χ4v) is 6.05. The molecule has 0 aromatic heterocycles. The average Bonchev–Trinajstić information content (AvgIpc) is 3.66. The SMILES string of the molecule is C=CCC[C@H](NC(=O)OCC1c2ccccc2-c2ccccc21)C(=O)OCCNC(=O)[C@H](CC=C)CC(=O)N1CCC[C@H]1CO. The summed E-state index contributed by atoms with van der Waals surface area (Å²) in [5.74, 6) is -1.91. The zero-order valence-corrected chi connectivity index (χ0v) is 25.6. The average molecular weight is 618 g/mol. The van der Waals surface area contributed by atoms with Gasteiger partial charge in [0, 0.05) is 18.9 Å². The maximum absolute atomic E-state index is 12.9. The molecule has 3 N–H and O–H groups in total. The maximum atomic E-state index is 12.9. The summed E-state index contributed by atoms with van der Waals surface area (Å²) in [6.07, 6.45) is 5.12. The number of fused-ring (bicyclic) bond motifs is 3. The number of esters is 1. The molecule has 3 atom stereocenters. The number of ether oxygens (including phenoxy) is 2. The van der Waals surface area contributed by atoms with Crippen molar-refractivity contribution in [2.45, 2.75) is 56.5 Å². The standard InChI is InChI=1S/C35H43N3O7/c1-3-5-17-31(37-35(43)45-23-30-28-15-8-6-13-26(28)27-14-7-9-16-29(27)30)34(42)44-20-18-36-33(41)24(11-4-2)21-32(40)38-19-10-12-25(38)22-39/h3-4,6-9,13-16,24-25,30-31,39H,1-2,5,10-12,17-23H2,(H,36,41)(H,37,43)/t24-,25+,31+/m1/s1. The molecule has 2 aliphatic rings. The number of carbonyl (C=O) groups is 4. The molecular weight excluding hydrogens is 574 g/mol. The van der Waals surface area contributed by atoms with Gasteiger partial charge in [-0.2, -0.15) is 0 Å². The third kappa shape index (κ3) is 8.60. The van der Waals surface area contributed by atoms with Crippen LogP contribution in [0.5, 0.6) is 0 Å². The van der Waals surface area contributed by atoms with Gasteiger partial charge in [-0.3, -0.25) is 9.59 Å². The van der Waals surface area contributed by atoms with Crippen LogP contribution in [0.4, 0.5) is 4.79 Å². The predicted octanol–water partition coefficient (Wildman–Crippen LogP) is 4.09. The van der Waals surface area contributed by atoms with Crippen LogP contribution in [0.2, 0.25) is 0 Å². The first-order chi connectivity index (χ1) is 21.9. The van der Waals surface area contributed by atoms with E-state index in [1.807, 2.05) is 36.4 Å². The van der Waals surface area contributed by atoms with E-state index in [4.69, 9.17) is 9.47 Å². The molecule has 10 heteroatoms. The van der Waals surface area contributed by atoms with Gasteiger partial charge in [-0.25, -0.2) is 9.59 Å². The molecule has 1 aliphatic heterocycles. The number of nitrogens with zero attached hydrogens (tertiary/aromatic N) is 1. The molecule has 3 amide bonds. The number of alkyl carbamates (subject to hydrolysis) is 1. The summed E-state index contributed by atoms with van der Waals surface area (Å²) < 4.78 is 11.0. The summed E-state index contributed by atoms with van der Waals surface area (Å²) in [5.41, 5.74) is 4.40. The molecule has 2 aromatic carbocycles. The summed E-state index contributed by atoms with van der Waals surface area (Å²) >= 11 is 0. The lowest BCUT2D eigenvalue weighted by Crippen LogP contribution is -2.43. The smallest absolute Gasteiger partial charge is 0.407 e. The van der Waals surface area contributed by atoms with Crippen LogP contribution in [0.25, 0.3) is 11.1 Å². The molecule has 2 aromatic rings. The summed E-state index contributed by atoms with van der Waals surface area (Å²) in [4.78, 5) is 52.9. The van der Waals surface area contributed by atoms with Gasteiger partial charge >= 0.3 is 12.1 Å². The Balaban J connectivity index is 1.24. The number of aliphatic hydroxyl groups excluding tert-OH is 1. The molecule has 0 unspecified atom stereocenters. The first-order valence-electron chi connectivity index (χ1n) is 15.6. The van der Waals surface area contributed by atoms with E-state index in [0.29, 0.717) is 19.4 Å². The monoisotopic (exact) mass is 617 g/mol. The number of benzene rings is 2. The van der Waals surface area contributed by atoms with E-state index in [1.165, 1.54) is 0 Å². The Morgan fingerprint density at radius 3 is 2.33 bits per heavy atom. The van der Waals surface area contributed by atoms with E-state index in [-0.39, 0.29) is 63.0 Å². The highest BCUT2D eigenvalue weighted by molar-refractivity contribution is 5.86. The minimum atomic E-state index is -0.958. The van der Waals surface area contributed by atoms with E-state index in [2.05, 4.69) is 35.9 Å². The van der Waals surface area contributed by atoms with Crippen LogP contribution in [0.3, 0.4) is 0 Å². The van der Waals surface area contributed by atoms with Crippen molar-refractivity contribution in [1.29, 1.82) is 0 Å². The number of hydrogen-bond donors (Lipinski definition) is 3. The lowest BCUT2D eigenvalue weighted by Gasteiger charge is -2.25. The van der Waals surface area contributed by atoms with Crippen molar-refractivity contribution in [2.75, 3.05) is 32.9 Å². The Bertz CT molecular complexity index is 1330. The van der Waals surface area contributed by atoms with Gasteiger partial charge in [0.1, 0.15) is 19.3 Å². The molecule has 0 saturated carbocycles. The second-order valence-corrected chi connectivity index (χ2v) is 11.3. The van der Waals surface area contributed by atoms with Crippen molar-refractivity contribution in [3.63, 3.8) is 0 Å². The van der Waals surface area contributed by atoms with Crippen LogP contribution in [0.1, 0.15) is 55.6 Å². The lowest BCUT2D eigenvalue weighted by molar-refractivity contribution is -0.146. The number of rotatable bonds is 16. The third-order valence-corrected chi connectivity index (χ3v) is 8.38. The Kier molecular flexibility index (Phi) is 12.3. The van der Waals surface area contributed by atoms with Crippen LogP contribution in [-0.2, 0) is 23.9 Å². The molecule has 1 saturated heterocycles. The first-order valence-corrected chi connectivity index (χ1v) is 15.6. The molecule has 4 rings (SSSR count). The highest BCUT2D eigenvalue weighted by atomic mass is 16.6. The van der Waals surface area contributed by atoms with E-state index in [1.54, 1.807) is 17.1 Å². The Labute approximate surface area is 264 Å². The topological polar surface area (TPSA) is 134 Å². The molecule has 1 heterocycles. The van der Waals surface area contributed by atoms with Crippen LogP contribution < -0.4 is 10.6 Å². The molecule has 1 fully saturated rings. The van der Waals surface area contributed by atoms with Gasteiger partial charge < -0.3 is 30.1 Å². The van der Waals surface area contributed by atoms with Crippen molar-refractivity contribution in [3.05, 3.63) is 85.0 Å². The van der Waals surface area contributed by atoms with E-state index < -0.39 is 24.0 Å². The van der Waals surface area contributed by atoms with Gasteiger partial charge in [0.25, 0.3) is 0 Å². The molecule has 0 radical (unpaired) electrons. The first kappa shape index (κ1) is 33.5. The molecular formula is C35H43N3O7. The minimum Gasteiger partial charge on any atom is -0.462 e. The number of nitrogens with one attached hydrogen (secondary N) is 2. The van der Waals surface area contributed by atoms with Gasteiger partial charge in [0.15, 0.2) is 0 Å².